The number of para-hydroxylation sites is 4. The zero-order valence-corrected chi connectivity index (χ0v) is 18.9. The molecule has 1 fully saturated rings. The number of carbonyl (C=O) groups is 1. The van der Waals surface area contributed by atoms with Gasteiger partial charge >= 0.3 is 0 Å². The second-order valence-corrected chi connectivity index (χ2v) is 8.35. The summed E-state index contributed by atoms with van der Waals surface area (Å²) >= 11 is 0. The molecule has 1 amide bonds. The van der Waals surface area contributed by atoms with Crippen LogP contribution in [0.4, 0.5) is 5.69 Å². The molecule has 0 radical (unpaired) electrons. The Kier molecular flexibility index (Phi) is 5.73. The van der Waals surface area contributed by atoms with E-state index in [0.29, 0.717) is 31.9 Å². The van der Waals surface area contributed by atoms with E-state index in [0.717, 1.165) is 28.3 Å². The number of fused-ring (bicyclic) bond motifs is 1. The van der Waals surface area contributed by atoms with Crippen molar-refractivity contribution in [2.75, 3.05) is 25.2 Å². The quantitative estimate of drug-likeness (QED) is 0.407. The van der Waals surface area contributed by atoms with Crippen molar-refractivity contribution in [1.29, 1.82) is 0 Å². The van der Waals surface area contributed by atoms with E-state index in [1.807, 2.05) is 71.6 Å². The van der Waals surface area contributed by atoms with Crippen molar-refractivity contribution in [3.05, 3.63) is 84.2 Å². The van der Waals surface area contributed by atoms with Crippen LogP contribution in [0, 0.1) is 6.92 Å². The molecule has 6 heteroatoms. The molecule has 0 N–H and O–H groups in total. The van der Waals surface area contributed by atoms with Crippen LogP contribution >= 0.6 is 0 Å². The molecule has 5 rings (SSSR count). The third kappa shape index (κ3) is 4.16. The summed E-state index contributed by atoms with van der Waals surface area (Å²) in [6.07, 6.45) is 0.417. The minimum atomic E-state index is -0.00538. The summed E-state index contributed by atoms with van der Waals surface area (Å²) in [7, 11) is 1.63. The zero-order valence-electron chi connectivity index (χ0n) is 18.9. The maximum Gasteiger partial charge on any atom is 0.227 e. The van der Waals surface area contributed by atoms with Gasteiger partial charge in [0, 0.05) is 18.9 Å². The molecule has 1 saturated heterocycles. The lowest BCUT2D eigenvalue weighted by atomic mass is 10.1. The van der Waals surface area contributed by atoms with Crippen molar-refractivity contribution in [2.24, 2.45) is 0 Å². The molecule has 0 saturated carbocycles. The van der Waals surface area contributed by atoms with E-state index in [1.165, 1.54) is 5.56 Å². The molecule has 1 aliphatic heterocycles. The van der Waals surface area contributed by atoms with Gasteiger partial charge in [0.15, 0.2) is 0 Å². The Morgan fingerprint density at radius 1 is 1.00 bits per heavy atom. The molecule has 1 aliphatic rings. The number of hydrogen-bond acceptors (Lipinski definition) is 4. The Bertz CT molecular complexity index is 1280. The molecule has 0 spiro atoms. The van der Waals surface area contributed by atoms with Crippen LogP contribution in [0.2, 0.25) is 0 Å². The molecule has 0 aliphatic carbocycles. The van der Waals surface area contributed by atoms with E-state index in [-0.39, 0.29) is 11.8 Å². The first-order chi connectivity index (χ1) is 16.1. The van der Waals surface area contributed by atoms with Crippen LogP contribution in [0.3, 0.4) is 0 Å². The zero-order chi connectivity index (χ0) is 22.8. The molecule has 1 atom stereocenters. The van der Waals surface area contributed by atoms with Crippen molar-refractivity contribution < 1.29 is 14.3 Å². The largest absolute Gasteiger partial charge is 0.495 e. The van der Waals surface area contributed by atoms with Gasteiger partial charge in [0.2, 0.25) is 5.91 Å². The Hall–Kier alpha value is -3.80. The van der Waals surface area contributed by atoms with Gasteiger partial charge in [-0.1, -0.05) is 42.0 Å². The number of imidazole rings is 1. The number of aromatic nitrogens is 2. The highest BCUT2D eigenvalue weighted by Crippen LogP contribution is 2.37. The van der Waals surface area contributed by atoms with Crippen LogP contribution < -0.4 is 14.4 Å². The number of hydrogen-bond donors (Lipinski definition) is 0. The Morgan fingerprint density at radius 3 is 2.58 bits per heavy atom. The normalized spacial score (nSPS) is 15.9. The summed E-state index contributed by atoms with van der Waals surface area (Å²) < 4.78 is 13.7. The van der Waals surface area contributed by atoms with Gasteiger partial charge in [0.05, 0.1) is 30.4 Å². The van der Waals surface area contributed by atoms with E-state index in [9.17, 15) is 4.79 Å². The van der Waals surface area contributed by atoms with Crippen molar-refractivity contribution >= 4 is 22.6 Å². The minimum Gasteiger partial charge on any atom is -0.495 e. The summed E-state index contributed by atoms with van der Waals surface area (Å²) in [5, 5.41) is 0. The number of anilines is 1. The molecule has 33 heavy (non-hydrogen) atoms. The van der Waals surface area contributed by atoms with Crippen LogP contribution in [0.1, 0.15) is 23.7 Å². The van der Waals surface area contributed by atoms with Crippen LogP contribution in [0.5, 0.6) is 11.5 Å². The summed E-state index contributed by atoms with van der Waals surface area (Å²) in [6.45, 7) is 3.81. The van der Waals surface area contributed by atoms with Crippen LogP contribution in [0.15, 0.2) is 72.8 Å². The molecule has 3 aromatic carbocycles. The number of amides is 1. The first-order valence-electron chi connectivity index (χ1n) is 11.2. The van der Waals surface area contributed by atoms with Crippen LogP contribution in [0.25, 0.3) is 11.0 Å². The SMILES string of the molecule is COc1ccccc1N1C[C@@H](c2nc3ccccc3n2CCOc2ccc(C)cc2)CC1=O. The minimum absolute atomic E-state index is 0.00538. The fourth-order valence-corrected chi connectivity index (χ4v) is 4.50. The van der Waals surface area contributed by atoms with Crippen molar-refractivity contribution in [3.8, 4) is 11.5 Å². The molecule has 168 valence electrons. The van der Waals surface area contributed by atoms with E-state index in [2.05, 4.69) is 17.6 Å². The number of ether oxygens (including phenoxy) is 2. The summed E-state index contributed by atoms with van der Waals surface area (Å²) in [5.41, 5.74) is 4.00. The smallest absolute Gasteiger partial charge is 0.227 e. The third-order valence-electron chi connectivity index (χ3n) is 6.15. The van der Waals surface area contributed by atoms with Gasteiger partial charge in [-0.3, -0.25) is 4.79 Å². The molecular weight excluding hydrogens is 414 g/mol. The van der Waals surface area contributed by atoms with Crippen molar-refractivity contribution in [2.45, 2.75) is 25.8 Å². The van der Waals surface area contributed by atoms with Gasteiger partial charge in [0.1, 0.15) is 23.9 Å². The highest BCUT2D eigenvalue weighted by molar-refractivity contribution is 5.97. The highest BCUT2D eigenvalue weighted by Gasteiger charge is 2.35. The predicted molar refractivity (Wildman–Crippen MR) is 129 cm³/mol. The van der Waals surface area contributed by atoms with Gasteiger partial charge in [-0.15, -0.1) is 0 Å². The maximum absolute atomic E-state index is 13.0. The van der Waals surface area contributed by atoms with Crippen molar-refractivity contribution in [3.63, 3.8) is 0 Å². The van der Waals surface area contributed by atoms with Gasteiger partial charge in [-0.05, 0) is 43.3 Å². The fraction of sp³-hybridized carbons (Fsp3) is 0.259. The summed E-state index contributed by atoms with van der Waals surface area (Å²) in [6, 6.07) is 23.8. The Labute approximate surface area is 193 Å². The van der Waals surface area contributed by atoms with E-state index in [4.69, 9.17) is 14.5 Å². The predicted octanol–water partition coefficient (Wildman–Crippen LogP) is 4.95. The standard InChI is InChI=1S/C27H27N3O3/c1-19-11-13-21(14-12-19)33-16-15-29-23-8-4-3-7-22(23)28-27(29)20-17-26(31)30(18-20)24-9-5-6-10-25(24)32-2/h3-14,20H,15-18H2,1-2H3/t20-/m0/s1. The number of rotatable bonds is 7. The van der Waals surface area contributed by atoms with E-state index < -0.39 is 0 Å². The molecule has 0 bridgehead atoms. The number of benzene rings is 3. The van der Waals surface area contributed by atoms with Crippen LogP contribution in [-0.4, -0.2) is 35.7 Å². The Balaban J connectivity index is 1.41. The van der Waals surface area contributed by atoms with Gasteiger partial charge in [-0.2, -0.15) is 0 Å². The number of methoxy groups -OCH3 is 1. The van der Waals surface area contributed by atoms with Gasteiger partial charge in [-0.25, -0.2) is 4.98 Å². The van der Waals surface area contributed by atoms with E-state index >= 15 is 0 Å². The van der Waals surface area contributed by atoms with Gasteiger partial charge < -0.3 is 18.9 Å². The van der Waals surface area contributed by atoms with E-state index in [1.54, 1.807) is 7.11 Å². The van der Waals surface area contributed by atoms with Crippen molar-refractivity contribution in [1.82, 2.24) is 9.55 Å². The molecule has 4 aromatic rings. The molecule has 0 unspecified atom stereocenters. The van der Waals surface area contributed by atoms with Gasteiger partial charge in [0.25, 0.3) is 0 Å². The molecule has 6 nitrogen and oxygen atoms in total. The number of aryl methyl sites for hydroxylation is 1. The second-order valence-electron chi connectivity index (χ2n) is 8.35. The monoisotopic (exact) mass is 441 g/mol. The average Bonchev–Trinajstić information content (AvgIpc) is 3.41. The lowest BCUT2D eigenvalue weighted by Crippen LogP contribution is -2.25. The fourth-order valence-electron chi connectivity index (χ4n) is 4.50. The number of nitrogens with zero attached hydrogens (tertiary/aromatic N) is 3. The molecular formula is C27H27N3O3. The number of carbonyl (C=O) groups excluding carboxylic acids is 1. The molecule has 2 heterocycles. The second kappa shape index (κ2) is 8.98. The first kappa shape index (κ1) is 21.1. The first-order valence-corrected chi connectivity index (χ1v) is 11.2. The molecule has 1 aromatic heterocycles. The highest BCUT2D eigenvalue weighted by atomic mass is 16.5. The summed E-state index contributed by atoms with van der Waals surface area (Å²) in [4.78, 5) is 19.7. The third-order valence-corrected chi connectivity index (χ3v) is 6.15. The summed E-state index contributed by atoms with van der Waals surface area (Å²) in [5.74, 6) is 2.55. The maximum atomic E-state index is 13.0. The topological polar surface area (TPSA) is 56.6 Å². The van der Waals surface area contributed by atoms with Crippen LogP contribution in [-0.2, 0) is 11.3 Å². The lowest BCUT2D eigenvalue weighted by molar-refractivity contribution is -0.117. The average molecular weight is 442 g/mol. The lowest BCUT2D eigenvalue weighted by Gasteiger charge is -2.20. The Morgan fingerprint density at radius 2 is 1.76 bits per heavy atom.